The number of hydrogen-bond donors (Lipinski definition) is 0. The summed E-state index contributed by atoms with van der Waals surface area (Å²) in [6.45, 7) is 9.09. The maximum absolute atomic E-state index is 5.12. The second-order valence-electron chi connectivity index (χ2n) is 10.9. The van der Waals surface area contributed by atoms with Crippen molar-refractivity contribution in [2.24, 2.45) is 0 Å². The first kappa shape index (κ1) is 30.6. The third-order valence-electron chi connectivity index (χ3n) is 7.42. The summed E-state index contributed by atoms with van der Waals surface area (Å²) in [5, 5.41) is 4.77. The van der Waals surface area contributed by atoms with Gasteiger partial charge in [-0.05, 0) is 46.9 Å². The summed E-state index contributed by atoms with van der Waals surface area (Å²) in [6, 6.07) is 40.5. The van der Waals surface area contributed by atoms with Crippen LogP contribution in [0.2, 0.25) is 0 Å². The number of para-hydroxylation sites is 3. The number of rotatable bonds is 5. The van der Waals surface area contributed by atoms with Gasteiger partial charge in [0.05, 0.1) is 16.9 Å². The van der Waals surface area contributed by atoms with Crippen molar-refractivity contribution in [3.63, 3.8) is 0 Å². The van der Waals surface area contributed by atoms with Crippen LogP contribution in [0, 0.1) is 11.4 Å². The molecular formula is C38H33IrN3S-2. The number of hydrogen-bond acceptors (Lipinski definition) is 3. The van der Waals surface area contributed by atoms with Gasteiger partial charge in [0.25, 0.3) is 0 Å². The molecule has 1 radical (unpaired) electrons. The zero-order valence-corrected chi connectivity index (χ0v) is 27.9. The first-order valence-corrected chi connectivity index (χ1v) is 15.2. The minimum absolute atomic E-state index is 0. The molecule has 0 aliphatic rings. The van der Waals surface area contributed by atoms with Gasteiger partial charge < -0.3 is 9.55 Å². The van der Waals surface area contributed by atoms with Gasteiger partial charge in [-0.3, -0.25) is 16.3 Å². The van der Waals surface area contributed by atoms with Crippen molar-refractivity contribution in [2.75, 3.05) is 0 Å². The van der Waals surface area contributed by atoms with Crippen LogP contribution < -0.4 is 0 Å². The van der Waals surface area contributed by atoms with E-state index in [1.807, 2.05) is 42.5 Å². The Morgan fingerprint density at radius 3 is 2.12 bits per heavy atom. The fraction of sp³-hybridized carbons (Fsp3) is 0.158. The molecule has 0 fully saturated rings. The SMILES string of the molecule is CC(C)c1cccc(C(C)C)c1-n1c(-c2[c-]sc3ccccc23)nc2ccccc21.[Ir].[c-]1ccccc1-c1ccccn1. The van der Waals surface area contributed by atoms with Crippen molar-refractivity contribution in [1.29, 1.82) is 0 Å². The van der Waals surface area contributed by atoms with E-state index >= 15 is 0 Å². The van der Waals surface area contributed by atoms with Crippen molar-refractivity contribution >= 4 is 32.5 Å². The Morgan fingerprint density at radius 1 is 0.721 bits per heavy atom. The first-order valence-electron chi connectivity index (χ1n) is 14.4. The summed E-state index contributed by atoms with van der Waals surface area (Å²) in [6.07, 6.45) is 1.79. The number of thiophene rings is 1. The van der Waals surface area contributed by atoms with Crippen molar-refractivity contribution in [2.45, 2.75) is 39.5 Å². The minimum atomic E-state index is 0. The number of benzene rings is 4. The Hall–Kier alpha value is -3.89. The van der Waals surface area contributed by atoms with E-state index < -0.39 is 0 Å². The van der Waals surface area contributed by atoms with Crippen LogP contribution in [0.3, 0.4) is 0 Å². The quantitative estimate of drug-likeness (QED) is 0.164. The van der Waals surface area contributed by atoms with Gasteiger partial charge in [0.2, 0.25) is 0 Å². The molecule has 0 aliphatic heterocycles. The molecule has 0 bridgehead atoms. The van der Waals surface area contributed by atoms with Crippen LogP contribution in [0.25, 0.3) is 49.5 Å². The molecule has 3 aromatic heterocycles. The van der Waals surface area contributed by atoms with Gasteiger partial charge in [0, 0.05) is 32.0 Å². The van der Waals surface area contributed by atoms with Gasteiger partial charge in [-0.1, -0.05) is 104 Å². The summed E-state index contributed by atoms with van der Waals surface area (Å²) in [5.41, 5.74) is 9.23. The Morgan fingerprint density at radius 2 is 1.42 bits per heavy atom. The van der Waals surface area contributed by atoms with Crippen molar-refractivity contribution < 1.29 is 20.1 Å². The van der Waals surface area contributed by atoms with Crippen molar-refractivity contribution in [3.05, 3.63) is 138 Å². The molecule has 3 nitrogen and oxygen atoms in total. The van der Waals surface area contributed by atoms with Gasteiger partial charge >= 0.3 is 0 Å². The average molecular weight is 756 g/mol. The molecule has 5 heteroatoms. The fourth-order valence-electron chi connectivity index (χ4n) is 5.35. The number of nitrogens with zero attached hydrogens (tertiary/aromatic N) is 3. The molecule has 43 heavy (non-hydrogen) atoms. The van der Waals surface area contributed by atoms with Gasteiger partial charge in [-0.2, -0.15) is 0 Å². The molecule has 0 unspecified atom stereocenters. The van der Waals surface area contributed by atoms with Crippen molar-refractivity contribution in [1.82, 2.24) is 14.5 Å². The van der Waals surface area contributed by atoms with Crippen LogP contribution in [-0.4, -0.2) is 14.5 Å². The molecule has 0 saturated carbocycles. The molecule has 0 saturated heterocycles. The zero-order chi connectivity index (χ0) is 29.1. The maximum Gasteiger partial charge on any atom is 0.0774 e. The molecule has 0 aliphatic carbocycles. The van der Waals surface area contributed by atoms with Crippen LogP contribution >= 0.6 is 11.3 Å². The van der Waals surface area contributed by atoms with E-state index in [0.717, 1.165) is 33.7 Å². The Labute approximate surface area is 271 Å². The van der Waals surface area contributed by atoms with E-state index in [1.54, 1.807) is 17.5 Å². The van der Waals surface area contributed by atoms with E-state index in [9.17, 15) is 0 Å². The Bertz CT molecular complexity index is 1880. The number of fused-ring (bicyclic) bond motifs is 2. The largest absolute Gasteiger partial charge is 0.333 e. The molecule has 0 atom stereocenters. The molecule has 7 aromatic rings. The second-order valence-corrected chi connectivity index (χ2v) is 11.8. The van der Waals surface area contributed by atoms with Gasteiger partial charge in [0.1, 0.15) is 0 Å². The van der Waals surface area contributed by atoms with E-state index in [2.05, 4.69) is 115 Å². The standard InChI is InChI=1S/C27H25N2S.C11H8N.Ir/c1-17(2)19-11-9-12-20(18(3)4)26(19)29-24-14-7-6-13-23(24)28-27(29)22-16-30-25-15-8-5-10-21(22)25;1-2-6-10(7-3-1)11-8-4-5-9-12-11;/h5-15,17-18H,1-4H3;1-6,8-9H;/q2*-1;. The van der Waals surface area contributed by atoms with E-state index in [-0.39, 0.29) is 20.1 Å². The van der Waals surface area contributed by atoms with Gasteiger partial charge in [-0.15, -0.1) is 47.3 Å². The monoisotopic (exact) mass is 756 g/mol. The van der Waals surface area contributed by atoms with Crippen LogP contribution in [0.15, 0.2) is 115 Å². The van der Waals surface area contributed by atoms with Crippen LogP contribution in [0.5, 0.6) is 0 Å². The molecule has 0 N–H and O–H groups in total. The predicted molar refractivity (Wildman–Crippen MR) is 177 cm³/mol. The Kier molecular flexibility index (Phi) is 9.67. The summed E-state index contributed by atoms with van der Waals surface area (Å²) in [7, 11) is 0. The van der Waals surface area contributed by atoms with Crippen LogP contribution in [0.4, 0.5) is 0 Å². The van der Waals surface area contributed by atoms with E-state index in [0.29, 0.717) is 11.8 Å². The third kappa shape index (κ3) is 6.26. The van der Waals surface area contributed by atoms with Crippen LogP contribution in [0.1, 0.15) is 50.7 Å². The summed E-state index contributed by atoms with van der Waals surface area (Å²) in [4.78, 5) is 9.34. The molecule has 0 amide bonds. The molecule has 217 valence electrons. The molecule has 4 aromatic carbocycles. The third-order valence-corrected chi connectivity index (χ3v) is 8.30. The van der Waals surface area contributed by atoms with Gasteiger partial charge in [0.15, 0.2) is 0 Å². The molecule has 0 spiro atoms. The number of imidazole rings is 1. The second kappa shape index (κ2) is 13.6. The average Bonchev–Trinajstić information content (AvgIpc) is 3.63. The topological polar surface area (TPSA) is 30.7 Å². The number of aromatic nitrogens is 3. The normalized spacial score (nSPS) is 11.0. The fourth-order valence-corrected chi connectivity index (χ4v) is 6.19. The smallest absolute Gasteiger partial charge is 0.0774 e. The van der Waals surface area contributed by atoms with Gasteiger partial charge in [-0.25, -0.2) is 0 Å². The molecular weight excluding hydrogens is 723 g/mol. The van der Waals surface area contributed by atoms with Crippen LogP contribution in [-0.2, 0) is 20.1 Å². The Balaban J connectivity index is 0.000000238. The maximum atomic E-state index is 5.12. The first-order chi connectivity index (χ1) is 20.5. The summed E-state index contributed by atoms with van der Waals surface area (Å²) < 4.78 is 3.62. The summed E-state index contributed by atoms with van der Waals surface area (Å²) >= 11 is 1.67. The molecule has 7 rings (SSSR count). The predicted octanol–water partition coefficient (Wildman–Crippen LogP) is 10.5. The minimum Gasteiger partial charge on any atom is -0.333 e. The van der Waals surface area contributed by atoms with E-state index in [4.69, 9.17) is 4.98 Å². The van der Waals surface area contributed by atoms with E-state index in [1.165, 1.54) is 26.9 Å². The van der Waals surface area contributed by atoms with Crippen molar-refractivity contribution in [3.8, 4) is 28.3 Å². The summed E-state index contributed by atoms with van der Waals surface area (Å²) in [5.74, 6) is 1.80. The number of pyridine rings is 1. The molecule has 3 heterocycles. The zero-order valence-electron chi connectivity index (χ0n) is 24.7.